The quantitative estimate of drug-likeness (QED) is 0.604. The molecular formula is C22H20F6N2O2. The highest BCUT2D eigenvalue weighted by atomic mass is 19.4. The van der Waals surface area contributed by atoms with E-state index in [0.717, 1.165) is 12.1 Å². The van der Waals surface area contributed by atoms with Crippen molar-refractivity contribution in [1.29, 1.82) is 0 Å². The molecule has 3 unspecified atom stereocenters. The predicted octanol–water partition coefficient (Wildman–Crippen LogP) is 5.22. The fraction of sp³-hybridized carbons (Fsp3) is 0.364. The molecule has 0 bridgehead atoms. The molecule has 0 fully saturated rings. The van der Waals surface area contributed by atoms with Gasteiger partial charge in [0.25, 0.3) is 0 Å². The molecule has 172 valence electrons. The number of rotatable bonds is 5. The smallest absolute Gasteiger partial charge is 0.416 e. The molecule has 0 radical (unpaired) electrons. The number of nitrogens with zero attached hydrogens (tertiary/aromatic N) is 1. The molecule has 2 N–H and O–H groups in total. The van der Waals surface area contributed by atoms with E-state index in [1.807, 2.05) is 0 Å². The third-order valence-corrected chi connectivity index (χ3v) is 5.22. The summed E-state index contributed by atoms with van der Waals surface area (Å²) in [5.41, 5.74) is -0.0816. The van der Waals surface area contributed by atoms with Gasteiger partial charge in [0.05, 0.1) is 23.6 Å². The molecule has 2 aromatic rings. The fourth-order valence-corrected chi connectivity index (χ4v) is 3.60. The van der Waals surface area contributed by atoms with E-state index in [1.54, 1.807) is 0 Å². The number of phenols is 1. The van der Waals surface area contributed by atoms with Gasteiger partial charge >= 0.3 is 12.4 Å². The van der Waals surface area contributed by atoms with Crippen molar-refractivity contribution < 1.29 is 36.2 Å². The number of aliphatic imine (C=N–C) groups is 1. The Kier molecular flexibility index (Phi) is 6.80. The summed E-state index contributed by atoms with van der Waals surface area (Å²) in [5.74, 6) is -2.55. The first-order valence-corrected chi connectivity index (χ1v) is 9.78. The van der Waals surface area contributed by atoms with Crippen molar-refractivity contribution in [2.45, 2.75) is 43.7 Å². The summed E-state index contributed by atoms with van der Waals surface area (Å²) in [6, 6.07) is 7.63. The molecule has 10 heteroatoms. The molecule has 2 aromatic carbocycles. The van der Waals surface area contributed by atoms with Crippen LogP contribution in [0.2, 0.25) is 0 Å². The van der Waals surface area contributed by atoms with Gasteiger partial charge in [-0.3, -0.25) is 9.79 Å². The average Bonchev–Trinajstić information content (AvgIpc) is 2.71. The van der Waals surface area contributed by atoms with Gasteiger partial charge in [-0.15, -0.1) is 0 Å². The van der Waals surface area contributed by atoms with E-state index in [4.69, 9.17) is 0 Å². The Morgan fingerprint density at radius 1 is 1.06 bits per heavy atom. The van der Waals surface area contributed by atoms with Crippen LogP contribution in [-0.4, -0.2) is 29.4 Å². The summed E-state index contributed by atoms with van der Waals surface area (Å²) in [6.45, 7) is 0. The zero-order valence-electron chi connectivity index (χ0n) is 16.6. The number of hydrogen-bond donors (Lipinski definition) is 2. The fourth-order valence-electron chi connectivity index (χ4n) is 3.60. The Morgan fingerprint density at radius 2 is 1.75 bits per heavy atom. The van der Waals surface area contributed by atoms with Crippen LogP contribution in [0.15, 0.2) is 53.5 Å². The van der Waals surface area contributed by atoms with Gasteiger partial charge in [0, 0.05) is 12.6 Å². The van der Waals surface area contributed by atoms with Crippen LogP contribution < -0.4 is 5.32 Å². The van der Waals surface area contributed by atoms with Crippen molar-refractivity contribution in [3.8, 4) is 5.75 Å². The van der Waals surface area contributed by atoms with Crippen molar-refractivity contribution in [3.63, 3.8) is 0 Å². The molecule has 1 amide bonds. The van der Waals surface area contributed by atoms with Crippen molar-refractivity contribution in [2.24, 2.45) is 10.9 Å². The number of aromatic hydroxyl groups is 1. The second-order valence-electron chi connectivity index (χ2n) is 7.59. The average molecular weight is 458 g/mol. The summed E-state index contributed by atoms with van der Waals surface area (Å²) < 4.78 is 78.7. The number of alkyl halides is 6. The number of phenolic OH excluding ortho intramolecular Hbond substituents is 1. The van der Waals surface area contributed by atoms with Crippen molar-refractivity contribution in [1.82, 2.24) is 5.32 Å². The van der Waals surface area contributed by atoms with E-state index >= 15 is 0 Å². The monoisotopic (exact) mass is 458 g/mol. The van der Waals surface area contributed by atoms with Gasteiger partial charge in [0.15, 0.2) is 0 Å². The summed E-state index contributed by atoms with van der Waals surface area (Å²) in [5, 5.41) is 12.1. The molecule has 0 aromatic heterocycles. The van der Waals surface area contributed by atoms with Gasteiger partial charge in [-0.1, -0.05) is 24.3 Å². The van der Waals surface area contributed by atoms with Crippen LogP contribution in [0.3, 0.4) is 0 Å². The highest BCUT2D eigenvalue weighted by Gasteiger charge is 2.47. The molecule has 0 saturated heterocycles. The van der Waals surface area contributed by atoms with Crippen molar-refractivity contribution in [3.05, 3.63) is 65.2 Å². The number of benzene rings is 2. The largest absolute Gasteiger partial charge is 0.508 e. The van der Waals surface area contributed by atoms with Crippen molar-refractivity contribution in [2.75, 3.05) is 0 Å². The van der Waals surface area contributed by atoms with Crippen LogP contribution in [-0.2, 0) is 17.4 Å². The summed E-state index contributed by atoms with van der Waals surface area (Å²) >= 11 is 0. The lowest BCUT2D eigenvalue weighted by molar-refractivity contribution is -0.184. The number of amides is 1. The molecule has 0 spiro atoms. The first kappa shape index (κ1) is 23.6. The topological polar surface area (TPSA) is 61.7 Å². The molecule has 32 heavy (non-hydrogen) atoms. The van der Waals surface area contributed by atoms with Crippen LogP contribution in [0.25, 0.3) is 0 Å². The lowest BCUT2D eigenvalue weighted by Gasteiger charge is -2.33. The first-order valence-electron chi connectivity index (χ1n) is 9.78. The number of aryl methyl sites for hydroxylation is 1. The Labute approximate surface area is 180 Å². The van der Waals surface area contributed by atoms with Crippen LogP contribution in [0.4, 0.5) is 26.3 Å². The van der Waals surface area contributed by atoms with E-state index in [9.17, 15) is 36.2 Å². The maximum atomic E-state index is 13.6. The summed E-state index contributed by atoms with van der Waals surface area (Å²) in [7, 11) is 0. The van der Waals surface area contributed by atoms with E-state index in [-0.39, 0.29) is 24.2 Å². The first-order chi connectivity index (χ1) is 14.9. The number of hydrogen-bond acceptors (Lipinski definition) is 3. The van der Waals surface area contributed by atoms with Crippen LogP contribution >= 0.6 is 0 Å². The Balaban J connectivity index is 1.62. The molecule has 0 saturated carbocycles. The predicted molar refractivity (Wildman–Crippen MR) is 105 cm³/mol. The molecule has 3 atom stereocenters. The minimum absolute atomic E-state index is 0.0949. The number of carbonyl (C=O) groups is 1. The minimum Gasteiger partial charge on any atom is -0.508 e. The lowest BCUT2D eigenvalue weighted by atomic mass is 9.85. The maximum absolute atomic E-state index is 13.6. The van der Waals surface area contributed by atoms with E-state index in [0.29, 0.717) is 5.56 Å². The summed E-state index contributed by atoms with van der Waals surface area (Å²) in [4.78, 5) is 16.2. The van der Waals surface area contributed by atoms with Gasteiger partial charge in [-0.25, -0.2) is 0 Å². The molecule has 3 rings (SSSR count). The molecular weight excluding hydrogens is 438 g/mol. The Hall–Kier alpha value is -3.04. The second kappa shape index (κ2) is 9.22. The second-order valence-corrected chi connectivity index (χ2v) is 7.59. The normalized spacial score (nSPS) is 21.4. The SMILES string of the molecule is O=C(CCc1ccc(C(F)(F)F)cc1)NC1C=NC(c2cccc(O)c2)C(C(F)(F)F)C1. The zero-order chi connectivity index (χ0) is 23.5. The molecule has 4 nitrogen and oxygen atoms in total. The number of halogens is 6. The third kappa shape index (κ3) is 6.02. The highest BCUT2D eigenvalue weighted by Crippen LogP contribution is 2.43. The van der Waals surface area contributed by atoms with E-state index < -0.39 is 48.2 Å². The standard InChI is InChI=1S/C22H20F6N2O2/c23-21(24,25)15-7-4-13(5-8-15)6-9-19(32)30-16-11-18(22(26,27)28)20(29-12-16)14-2-1-3-17(31)10-14/h1-5,7-8,10,12,16,18,20,31H,6,9,11H2,(H,30,32). The molecule has 1 aliphatic heterocycles. The van der Waals surface area contributed by atoms with E-state index in [2.05, 4.69) is 10.3 Å². The van der Waals surface area contributed by atoms with Gasteiger partial charge in [0.1, 0.15) is 5.75 Å². The number of carbonyl (C=O) groups excluding carboxylic acids is 1. The Morgan fingerprint density at radius 3 is 2.34 bits per heavy atom. The van der Waals surface area contributed by atoms with E-state index in [1.165, 1.54) is 42.6 Å². The van der Waals surface area contributed by atoms with Crippen molar-refractivity contribution >= 4 is 12.1 Å². The highest BCUT2D eigenvalue weighted by molar-refractivity contribution is 5.81. The lowest BCUT2D eigenvalue weighted by Crippen LogP contribution is -2.44. The zero-order valence-corrected chi connectivity index (χ0v) is 16.6. The van der Waals surface area contributed by atoms with Gasteiger partial charge in [0.2, 0.25) is 5.91 Å². The van der Waals surface area contributed by atoms with Gasteiger partial charge in [-0.05, 0) is 48.2 Å². The minimum atomic E-state index is -4.57. The maximum Gasteiger partial charge on any atom is 0.416 e. The Bertz CT molecular complexity index is 970. The van der Waals surface area contributed by atoms with Crippen LogP contribution in [0.1, 0.15) is 35.6 Å². The van der Waals surface area contributed by atoms with Crippen LogP contribution in [0, 0.1) is 5.92 Å². The third-order valence-electron chi connectivity index (χ3n) is 5.22. The van der Waals surface area contributed by atoms with Gasteiger partial charge < -0.3 is 10.4 Å². The number of nitrogens with one attached hydrogen (secondary N) is 1. The summed E-state index contributed by atoms with van der Waals surface area (Å²) in [6.07, 6.45) is -8.14. The van der Waals surface area contributed by atoms with Gasteiger partial charge in [-0.2, -0.15) is 26.3 Å². The molecule has 0 aliphatic carbocycles. The molecule has 1 heterocycles. The molecule has 1 aliphatic rings. The van der Waals surface area contributed by atoms with Crippen LogP contribution in [0.5, 0.6) is 5.75 Å².